The average Bonchev–Trinajstić information content (AvgIpc) is 2.93. The summed E-state index contributed by atoms with van der Waals surface area (Å²) < 4.78 is 28.5. The van der Waals surface area contributed by atoms with Crippen LogP contribution in [-0.4, -0.2) is 11.0 Å². The lowest BCUT2D eigenvalue weighted by Gasteiger charge is -2.28. The molecule has 4 nitrogen and oxygen atoms in total. The number of halogens is 3. The van der Waals surface area contributed by atoms with E-state index in [2.05, 4.69) is 10.3 Å². The zero-order valence-electron chi connectivity index (χ0n) is 12.5. The Morgan fingerprint density at radius 3 is 2.75 bits per heavy atom. The second kappa shape index (κ2) is 5.40. The molecule has 3 heterocycles. The van der Waals surface area contributed by atoms with Crippen LogP contribution in [0.15, 0.2) is 12.1 Å². The molecule has 3 N–H and O–H groups in total. The van der Waals surface area contributed by atoms with Crippen molar-refractivity contribution in [3.63, 3.8) is 0 Å². The number of anilines is 1. The molecule has 0 radical (unpaired) electrons. The first-order chi connectivity index (χ1) is 11.5. The Labute approximate surface area is 142 Å². The van der Waals surface area contributed by atoms with E-state index in [1.807, 2.05) is 6.07 Å². The molecular weight excluding hydrogens is 334 g/mol. The van der Waals surface area contributed by atoms with Gasteiger partial charge in [0.1, 0.15) is 29.1 Å². The number of nitrogens with one attached hydrogen (secondary N) is 1. The number of fused-ring (bicyclic) bond motifs is 4. The first-order valence-electron chi connectivity index (χ1n) is 7.63. The van der Waals surface area contributed by atoms with Crippen LogP contribution in [-0.2, 0) is 6.42 Å². The Balaban J connectivity index is 2.11. The maximum atomic E-state index is 14.5. The Hall–Kier alpha value is -2.23. The molecular formula is C17H13ClF2N4. The molecule has 2 bridgehead atoms. The van der Waals surface area contributed by atoms with Crippen molar-refractivity contribution >= 4 is 17.4 Å². The Bertz CT molecular complexity index is 907. The number of nitrogens with zero attached hydrogens (tertiary/aromatic N) is 2. The van der Waals surface area contributed by atoms with E-state index < -0.39 is 11.6 Å². The van der Waals surface area contributed by atoms with Gasteiger partial charge in [-0.2, -0.15) is 5.26 Å². The normalized spacial score (nSPS) is 21.4. The summed E-state index contributed by atoms with van der Waals surface area (Å²) in [7, 11) is 0. The Morgan fingerprint density at radius 2 is 2.00 bits per heavy atom. The smallest absolute Gasteiger partial charge is 0.142 e. The van der Waals surface area contributed by atoms with Gasteiger partial charge in [0, 0.05) is 40.9 Å². The topological polar surface area (TPSA) is 74.7 Å². The number of benzene rings is 1. The van der Waals surface area contributed by atoms with Crippen LogP contribution in [0, 0.1) is 23.0 Å². The summed E-state index contributed by atoms with van der Waals surface area (Å²) in [4.78, 5) is 4.35. The van der Waals surface area contributed by atoms with Crippen molar-refractivity contribution in [2.45, 2.75) is 31.3 Å². The van der Waals surface area contributed by atoms with Crippen LogP contribution in [0.4, 0.5) is 14.6 Å². The fourth-order valence-corrected chi connectivity index (χ4v) is 4.02. The molecule has 7 heteroatoms. The molecule has 4 rings (SSSR count). The quantitative estimate of drug-likeness (QED) is 0.775. The van der Waals surface area contributed by atoms with Gasteiger partial charge in [0.05, 0.1) is 5.02 Å². The minimum atomic E-state index is -0.742. The minimum Gasteiger partial charge on any atom is -0.383 e. The summed E-state index contributed by atoms with van der Waals surface area (Å²) in [6, 6.07) is 4.19. The summed E-state index contributed by atoms with van der Waals surface area (Å²) in [5.74, 6) is -1.41. The SMILES string of the molecule is N#Cc1c(N)nc2c(c1-c1c(F)ccc(F)c1Cl)C1CCC(C2)N1. The van der Waals surface area contributed by atoms with Gasteiger partial charge >= 0.3 is 0 Å². The molecule has 2 aromatic rings. The molecule has 1 aromatic heterocycles. The Morgan fingerprint density at radius 1 is 1.25 bits per heavy atom. The average molecular weight is 347 g/mol. The van der Waals surface area contributed by atoms with Crippen molar-refractivity contribution in [3.05, 3.63) is 45.6 Å². The third-order valence-corrected chi connectivity index (χ3v) is 5.15. The molecule has 1 saturated heterocycles. The molecule has 122 valence electrons. The number of rotatable bonds is 1. The summed E-state index contributed by atoms with van der Waals surface area (Å²) in [6.45, 7) is 0. The fourth-order valence-electron chi connectivity index (χ4n) is 3.77. The maximum Gasteiger partial charge on any atom is 0.142 e. The zero-order chi connectivity index (χ0) is 17.0. The van der Waals surface area contributed by atoms with Gasteiger partial charge in [-0.05, 0) is 25.0 Å². The van der Waals surface area contributed by atoms with Crippen LogP contribution in [0.2, 0.25) is 5.02 Å². The minimum absolute atomic E-state index is 0.0206. The molecule has 0 aliphatic carbocycles. The summed E-state index contributed by atoms with van der Waals surface area (Å²) >= 11 is 6.05. The van der Waals surface area contributed by atoms with E-state index in [0.717, 1.165) is 30.7 Å². The number of aromatic nitrogens is 1. The van der Waals surface area contributed by atoms with Crippen LogP contribution < -0.4 is 11.1 Å². The van der Waals surface area contributed by atoms with Crippen molar-refractivity contribution in [2.75, 3.05) is 5.73 Å². The fraction of sp³-hybridized carbons (Fsp3) is 0.294. The number of hydrogen-bond acceptors (Lipinski definition) is 4. The van der Waals surface area contributed by atoms with E-state index in [1.165, 1.54) is 0 Å². The molecule has 0 amide bonds. The predicted octanol–water partition coefficient (Wildman–Crippen LogP) is 3.48. The van der Waals surface area contributed by atoms with Crippen molar-refractivity contribution in [2.24, 2.45) is 0 Å². The van der Waals surface area contributed by atoms with E-state index >= 15 is 0 Å². The summed E-state index contributed by atoms with van der Waals surface area (Å²) in [5, 5.41) is 12.6. The highest BCUT2D eigenvalue weighted by Gasteiger charge is 2.37. The van der Waals surface area contributed by atoms with Crippen molar-refractivity contribution in [3.8, 4) is 17.2 Å². The first kappa shape index (κ1) is 15.3. The Kier molecular flexibility index (Phi) is 3.44. The van der Waals surface area contributed by atoms with Gasteiger partial charge in [-0.15, -0.1) is 0 Å². The number of pyridine rings is 1. The van der Waals surface area contributed by atoms with Crippen LogP contribution in [0.3, 0.4) is 0 Å². The number of nitrogen functional groups attached to an aromatic ring is 1. The second-order valence-corrected chi connectivity index (χ2v) is 6.51. The van der Waals surface area contributed by atoms with Gasteiger partial charge in [-0.3, -0.25) is 0 Å². The molecule has 0 saturated carbocycles. The molecule has 2 unspecified atom stereocenters. The molecule has 1 aromatic carbocycles. The lowest BCUT2D eigenvalue weighted by atomic mass is 9.87. The molecule has 0 spiro atoms. The highest BCUT2D eigenvalue weighted by atomic mass is 35.5. The number of nitriles is 1. The lowest BCUT2D eigenvalue weighted by molar-refractivity contribution is 0.507. The zero-order valence-corrected chi connectivity index (χ0v) is 13.3. The predicted molar refractivity (Wildman–Crippen MR) is 86.3 cm³/mol. The number of nitrogens with two attached hydrogens (primary N) is 1. The summed E-state index contributed by atoms with van der Waals surface area (Å²) in [6.07, 6.45) is 2.45. The monoisotopic (exact) mass is 346 g/mol. The molecule has 1 fully saturated rings. The van der Waals surface area contributed by atoms with E-state index in [9.17, 15) is 14.0 Å². The van der Waals surface area contributed by atoms with Crippen LogP contribution in [0.1, 0.15) is 35.7 Å². The van der Waals surface area contributed by atoms with E-state index in [0.29, 0.717) is 18.0 Å². The van der Waals surface area contributed by atoms with E-state index in [4.69, 9.17) is 17.3 Å². The van der Waals surface area contributed by atoms with Gasteiger partial charge in [0.15, 0.2) is 0 Å². The van der Waals surface area contributed by atoms with E-state index in [-0.39, 0.29) is 33.6 Å². The molecule has 2 aliphatic rings. The van der Waals surface area contributed by atoms with Crippen molar-refractivity contribution in [1.29, 1.82) is 5.26 Å². The van der Waals surface area contributed by atoms with Gasteiger partial charge in [-0.1, -0.05) is 11.6 Å². The van der Waals surface area contributed by atoms with Crippen LogP contribution >= 0.6 is 11.6 Å². The lowest BCUT2D eigenvalue weighted by Crippen LogP contribution is -2.33. The van der Waals surface area contributed by atoms with Crippen molar-refractivity contribution < 1.29 is 8.78 Å². The van der Waals surface area contributed by atoms with Gasteiger partial charge in [0.25, 0.3) is 0 Å². The number of hydrogen-bond donors (Lipinski definition) is 2. The molecule has 24 heavy (non-hydrogen) atoms. The van der Waals surface area contributed by atoms with Gasteiger partial charge in [0.2, 0.25) is 0 Å². The molecule has 2 atom stereocenters. The van der Waals surface area contributed by atoms with Crippen LogP contribution in [0.5, 0.6) is 0 Å². The molecule has 2 aliphatic heterocycles. The standard InChI is InChI=1S/C17H13ClF2N4/c18-16-10(20)3-2-9(19)14(16)13-8(6-21)17(22)24-12-5-7-1-4-11(23-7)15(12)13/h2-3,7,11,23H,1,4-5H2,(H2,22,24). The largest absolute Gasteiger partial charge is 0.383 e. The highest BCUT2D eigenvalue weighted by Crippen LogP contribution is 2.46. The van der Waals surface area contributed by atoms with Gasteiger partial charge < -0.3 is 11.1 Å². The summed E-state index contributed by atoms with van der Waals surface area (Å²) in [5.41, 5.74) is 7.55. The highest BCUT2D eigenvalue weighted by molar-refractivity contribution is 6.33. The van der Waals surface area contributed by atoms with Gasteiger partial charge in [-0.25, -0.2) is 13.8 Å². The first-order valence-corrected chi connectivity index (χ1v) is 8.01. The third-order valence-electron chi connectivity index (χ3n) is 4.78. The van der Waals surface area contributed by atoms with Crippen LogP contribution in [0.25, 0.3) is 11.1 Å². The van der Waals surface area contributed by atoms with E-state index in [1.54, 1.807) is 0 Å². The maximum absolute atomic E-state index is 14.5. The second-order valence-electron chi connectivity index (χ2n) is 6.14. The van der Waals surface area contributed by atoms with Crippen molar-refractivity contribution in [1.82, 2.24) is 10.3 Å². The third kappa shape index (κ3) is 2.09.